The van der Waals surface area contributed by atoms with Crippen LogP contribution in [0.1, 0.15) is 67.5 Å². The van der Waals surface area contributed by atoms with E-state index < -0.39 is 17.7 Å². The molecule has 39 heavy (non-hydrogen) atoms. The number of aliphatic carboxylic acids is 1. The number of para-hydroxylation sites is 1. The van der Waals surface area contributed by atoms with Crippen LogP contribution in [0.25, 0.3) is 11.1 Å². The fourth-order valence-corrected chi connectivity index (χ4v) is 7.27. The molecule has 0 amide bonds. The zero-order valence-corrected chi connectivity index (χ0v) is 23.9. The van der Waals surface area contributed by atoms with Crippen molar-refractivity contribution >= 4 is 29.5 Å². The second-order valence-corrected chi connectivity index (χ2v) is 12.6. The minimum atomic E-state index is -1.07. The van der Waals surface area contributed by atoms with Crippen molar-refractivity contribution in [2.45, 2.75) is 71.6 Å². The van der Waals surface area contributed by atoms with Crippen molar-refractivity contribution in [2.24, 2.45) is 0 Å². The Labute approximate surface area is 235 Å². The Morgan fingerprint density at radius 1 is 1.05 bits per heavy atom. The van der Waals surface area contributed by atoms with Gasteiger partial charge in [0.25, 0.3) is 0 Å². The summed E-state index contributed by atoms with van der Waals surface area (Å²) in [5, 5.41) is 10.6. The Hall–Kier alpha value is -3.16. The van der Waals surface area contributed by atoms with Crippen molar-refractivity contribution < 1.29 is 19.4 Å². The normalized spacial score (nSPS) is 17.2. The molecule has 204 valence electrons. The molecule has 3 aromatic rings. The first kappa shape index (κ1) is 26.1. The van der Waals surface area contributed by atoms with Gasteiger partial charge in [0.15, 0.2) is 6.10 Å². The van der Waals surface area contributed by atoms with E-state index in [1.165, 1.54) is 16.8 Å². The van der Waals surface area contributed by atoms with Crippen LogP contribution in [0.15, 0.2) is 48.5 Å². The first-order valence-electron chi connectivity index (χ1n) is 13.8. The lowest BCUT2D eigenvalue weighted by Crippen LogP contribution is -2.37. The molecule has 6 nitrogen and oxygen atoms in total. The first-order chi connectivity index (χ1) is 18.7. The Balaban J connectivity index is 1.61. The minimum Gasteiger partial charge on any atom is -0.493 e. The van der Waals surface area contributed by atoms with Crippen LogP contribution >= 0.6 is 12.1 Å². The topological polar surface area (TPSA) is 62.2 Å². The van der Waals surface area contributed by atoms with E-state index in [1.54, 1.807) is 12.1 Å². The zero-order chi connectivity index (χ0) is 27.3. The number of hydrogen-bond acceptors (Lipinski definition) is 6. The van der Waals surface area contributed by atoms with Crippen LogP contribution in [0, 0.1) is 6.92 Å². The summed E-state index contributed by atoms with van der Waals surface area (Å²) in [5.41, 5.74) is 9.25. The second kappa shape index (κ2) is 10.1. The van der Waals surface area contributed by atoms with Crippen molar-refractivity contribution in [3.05, 3.63) is 76.3 Å². The SMILES string of the molecule is Cc1c2c3c(c(C(OC(C)(C)C)C(=O)O)c1-c1ccc4c(c1)CCCO4)CCCN3SN(c1ccccc1)C2. The van der Waals surface area contributed by atoms with Gasteiger partial charge < -0.3 is 14.6 Å². The molecule has 0 saturated carbocycles. The van der Waals surface area contributed by atoms with Gasteiger partial charge in [0.05, 0.1) is 36.6 Å². The molecule has 0 bridgehead atoms. The third kappa shape index (κ3) is 4.87. The van der Waals surface area contributed by atoms with Crippen LogP contribution in [0.3, 0.4) is 0 Å². The van der Waals surface area contributed by atoms with Crippen LogP contribution < -0.4 is 13.3 Å². The van der Waals surface area contributed by atoms with Crippen LogP contribution in [0.2, 0.25) is 0 Å². The maximum absolute atomic E-state index is 12.9. The number of rotatable bonds is 5. The molecule has 3 aromatic carbocycles. The van der Waals surface area contributed by atoms with E-state index in [2.05, 4.69) is 58.0 Å². The summed E-state index contributed by atoms with van der Waals surface area (Å²) in [6, 6.07) is 16.8. The van der Waals surface area contributed by atoms with Crippen LogP contribution in [-0.2, 0) is 28.9 Å². The standard InChI is InChI=1S/C32H36N2O4S/c1-20-25-19-34(23-11-6-5-7-12-23)39-33-16-8-13-24(29(25)33)28(30(31(35)36)38-32(2,3)4)27(20)22-14-15-26-21(18-22)10-9-17-37-26/h5-7,11-12,14-15,18,30H,8-10,13,16-17,19H2,1-4H3,(H,35,36). The van der Waals surface area contributed by atoms with Gasteiger partial charge in [0, 0.05) is 23.4 Å². The summed E-state index contributed by atoms with van der Waals surface area (Å²) < 4.78 is 17.0. The Kier molecular flexibility index (Phi) is 6.76. The summed E-state index contributed by atoms with van der Waals surface area (Å²) in [6.45, 7) is 10.3. The second-order valence-electron chi connectivity index (χ2n) is 11.6. The number of carboxylic acids is 1. The maximum Gasteiger partial charge on any atom is 0.337 e. The van der Waals surface area contributed by atoms with E-state index in [0.29, 0.717) is 0 Å². The molecule has 3 aliphatic rings. The van der Waals surface area contributed by atoms with E-state index in [9.17, 15) is 9.90 Å². The highest BCUT2D eigenvalue weighted by Crippen LogP contribution is 2.51. The summed E-state index contributed by atoms with van der Waals surface area (Å²) >= 11 is 1.73. The fraction of sp³-hybridized carbons (Fsp3) is 0.406. The molecule has 0 aromatic heterocycles. The zero-order valence-electron chi connectivity index (χ0n) is 23.1. The summed E-state index contributed by atoms with van der Waals surface area (Å²) in [6.07, 6.45) is 2.67. The first-order valence-corrected chi connectivity index (χ1v) is 14.6. The highest BCUT2D eigenvalue weighted by Gasteiger charge is 2.39. The van der Waals surface area contributed by atoms with Crippen LogP contribution in [0.5, 0.6) is 5.75 Å². The monoisotopic (exact) mass is 544 g/mol. The van der Waals surface area contributed by atoms with Gasteiger partial charge in [-0.3, -0.25) is 8.61 Å². The number of carboxylic acid groups (broad SMARTS) is 1. The molecule has 0 aliphatic carbocycles. The van der Waals surface area contributed by atoms with Gasteiger partial charge in [-0.25, -0.2) is 4.79 Å². The largest absolute Gasteiger partial charge is 0.493 e. The number of aryl methyl sites for hydroxylation is 1. The number of ether oxygens (including phenoxy) is 2. The number of fused-ring (bicyclic) bond motifs is 1. The molecule has 7 heteroatoms. The molecule has 0 fully saturated rings. The molecular weight excluding hydrogens is 508 g/mol. The van der Waals surface area contributed by atoms with Gasteiger partial charge in [0.1, 0.15) is 5.75 Å². The van der Waals surface area contributed by atoms with Crippen LogP contribution in [-0.4, -0.2) is 29.8 Å². The van der Waals surface area contributed by atoms with E-state index in [-0.39, 0.29) is 0 Å². The predicted molar refractivity (Wildman–Crippen MR) is 158 cm³/mol. The lowest BCUT2D eigenvalue weighted by atomic mass is 9.80. The third-order valence-electron chi connectivity index (χ3n) is 7.73. The Morgan fingerprint density at radius 2 is 1.85 bits per heavy atom. The van der Waals surface area contributed by atoms with E-state index >= 15 is 0 Å². The lowest BCUT2D eigenvalue weighted by molar-refractivity contribution is -0.160. The van der Waals surface area contributed by atoms with Gasteiger partial charge >= 0.3 is 5.97 Å². The van der Waals surface area contributed by atoms with E-state index in [4.69, 9.17) is 9.47 Å². The van der Waals surface area contributed by atoms with Gasteiger partial charge in [-0.2, -0.15) is 0 Å². The average Bonchev–Trinajstić information content (AvgIpc) is 2.93. The molecule has 3 heterocycles. The average molecular weight is 545 g/mol. The molecular formula is C32H36N2O4S. The quantitative estimate of drug-likeness (QED) is 0.339. The number of hydrogen-bond donors (Lipinski definition) is 1. The van der Waals surface area contributed by atoms with Gasteiger partial charge in [-0.1, -0.05) is 24.3 Å². The van der Waals surface area contributed by atoms with Crippen molar-refractivity contribution in [1.82, 2.24) is 0 Å². The van der Waals surface area contributed by atoms with E-state index in [1.807, 2.05) is 26.8 Å². The highest BCUT2D eigenvalue weighted by molar-refractivity contribution is 8.02. The fourth-order valence-electron chi connectivity index (χ4n) is 6.12. The Morgan fingerprint density at radius 3 is 2.59 bits per heavy atom. The van der Waals surface area contributed by atoms with Gasteiger partial charge in [-0.05, 0) is 105 Å². The van der Waals surface area contributed by atoms with Crippen molar-refractivity contribution in [3.8, 4) is 16.9 Å². The summed E-state index contributed by atoms with van der Waals surface area (Å²) in [4.78, 5) is 12.9. The molecule has 0 spiro atoms. The number of benzene rings is 3. The molecule has 6 rings (SSSR count). The molecule has 3 aliphatic heterocycles. The Bertz CT molecular complexity index is 1420. The molecule has 1 unspecified atom stereocenters. The van der Waals surface area contributed by atoms with Crippen molar-refractivity contribution in [3.63, 3.8) is 0 Å². The third-order valence-corrected chi connectivity index (χ3v) is 8.83. The lowest BCUT2D eigenvalue weighted by Gasteiger charge is -2.44. The molecule has 1 atom stereocenters. The maximum atomic E-state index is 12.9. The predicted octanol–water partition coefficient (Wildman–Crippen LogP) is 7.26. The van der Waals surface area contributed by atoms with E-state index in [0.717, 1.165) is 84.6 Å². The van der Waals surface area contributed by atoms with Crippen molar-refractivity contribution in [2.75, 3.05) is 21.8 Å². The summed E-state index contributed by atoms with van der Waals surface area (Å²) in [5.74, 6) is -0.0170. The smallest absolute Gasteiger partial charge is 0.337 e. The summed E-state index contributed by atoms with van der Waals surface area (Å²) in [7, 11) is 0. The van der Waals surface area contributed by atoms with Crippen LogP contribution in [0.4, 0.5) is 11.4 Å². The minimum absolute atomic E-state index is 0.617. The number of nitrogens with zero attached hydrogens (tertiary/aromatic N) is 2. The highest BCUT2D eigenvalue weighted by atomic mass is 32.2. The van der Waals surface area contributed by atoms with Gasteiger partial charge in [0.2, 0.25) is 0 Å². The molecule has 0 saturated heterocycles. The number of anilines is 2. The molecule has 1 N–H and O–H groups in total. The number of carbonyl (C=O) groups is 1. The molecule has 0 radical (unpaired) electrons. The van der Waals surface area contributed by atoms with Crippen molar-refractivity contribution in [1.29, 1.82) is 0 Å². The van der Waals surface area contributed by atoms with Gasteiger partial charge in [-0.15, -0.1) is 0 Å².